The number of aryl methyl sites for hydroxylation is 1. The Morgan fingerprint density at radius 1 is 1.17 bits per heavy atom. The van der Waals surface area contributed by atoms with Gasteiger partial charge in [-0.1, -0.05) is 6.07 Å². The number of piperazine rings is 1. The summed E-state index contributed by atoms with van der Waals surface area (Å²) >= 11 is 0. The number of aromatic hydroxyl groups is 1. The Morgan fingerprint density at radius 2 is 1.93 bits per heavy atom. The lowest BCUT2D eigenvalue weighted by Gasteiger charge is -2.36. The highest BCUT2D eigenvalue weighted by Gasteiger charge is 2.26. The number of phenolic OH excluding ortho intramolecular Hbond substituents is 1. The van der Waals surface area contributed by atoms with E-state index in [2.05, 4.69) is 33.4 Å². The van der Waals surface area contributed by atoms with Crippen LogP contribution in [0.2, 0.25) is 0 Å². The van der Waals surface area contributed by atoms with Crippen LogP contribution in [0.4, 0.5) is 0 Å². The molecule has 7 nitrogen and oxygen atoms in total. The molecule has 1 amide bonds. The molecule has 2 aliphatic carbocycles. The number of carbonyl (C=O) groups excluding carboxylic acids is 1. The third-order valence-electron chi connectivity index (χ3n) is 6.33. The summed E-state index contributed by atoms with van der Waals surface area (Å²) in [6.07, 6.45) is 6.80. The minimum Gasteiger partial charge on any atom is -0.508 e. The average Bonchev–Trinajstić information content (AvgIpc) is 3.56. The summed E-state index contributed by atoms with van der Waals surface area (Å²) in [4.78, 5) is 21.4. The maximum atomic E-state index is 12.1. The maximum absolute atomic E-state index is 12.1. The standard InChI is InChI=1S/C23H35N5O2/c1-2-24-23(25-15-20-19-6-4-3-5-17(19)7-10-21(20)29)28-13-11-27(12-14-28)16-22(30)26-18-8-9-18/h7,10,18,29H,2-6,8-9,11-16H2,1H3,(H,24,25)(H,26,30). The third kappa shape index (κ3) is 5.25. The Labute approximate surface area is 179 Å². The van der Waals surface area contributed by atoms with Gasteiger partial charge < -0.3 is 20.6 Å². The van der Waals surface area contributed by atoms with Crippen LogP contribution in [-0.4, -0.2) is 72.1 Å². The molecule has 0 atom stereocenters. The lowest BCUT2D eigenvalue weighted by atomic mass is 9.88. The van der Waals surface area contributed by atoms with E-state index in [0.29, 0.717) is 24.9 Å². The lowest BCUT2D eigenvalue weighted by Crippen LogP contribution is -2.54. The normalized spacial score (nSPS) is 20.0. The van der Waals surface area contributed by atoms with Gasteiger partial charge in [-0.3, -0.25) is 9.69 Å². The topological polar surface area (TPSA) is 80.2 Å². The number of guanidine groups is 1. The second-order valence-electron chi connectivity index (χ2n) is 8.68. The van der Waals surface area contributed by atoms with Crippen LogP contribution in [0, 0.1) is 0 Å². The van der Waals surface area contributed by atoms with Gasteiger partial charge in [0.05, 0.1) is 13.1 Å². The number of rotatable bonds is 6. The largest absolute Gasteiger partial charge is 0.508 e. The number of benzene rings is 1. The van der Waals surface area contributed by atoms with Crippen molar-refractivity contribution in [1.82, 2.24) is 20.4 Å². The monoisotopic (exact) mass is 413 g/mol. The van der Waals surface area contributed by atoms with Crippen molar-refractivity contribution in [2.75, 3.05) is 39.3 Å². The fourth-order valence-corrected chi connectivity index (χ4v) is 4.47. The highest BCUT2D eigenvalue weighted by molar-refractivity contribution is 5.80. The van der Waals surface area contributed by atoms with Crippen LogP contribution in [0.15, 0.2) is 17.1 Å². The van der Waals surface area contributed by atoms with E-state index in [-0.39, 0.29) is 5.91 Å². The molecule has 1 aromatic rings. The molecule has 1 heterocycles. The molecule has 164 valence electrons. The number of nitrogens with zero attached hydrogens (tertiary/aromatic N) is 3. The summed E-state index contributed by atoms with van der Waals surface area (Å²) in [6, 6.07) is 4.32. The fourth-order valence-electron chi connectivity index (χ4n) is 4.47. The molecular formula is C23H35N5O2. The van der Waals surface area contributed by atoms with Gasteiger partial charge >= 0.3 is 0 Å². The molecule has 1 saturated carbocycles. The van der Waals surface area contributed by atoms with Gasteiger partial charge in [0.15, 0.2) is 5.96 Å². The fraction of sp³-hybridized carbons (Fsp3) is 0.652. The Balaban J connectivity index is 1.37. The van der Waals surface area contributed by atoms with Crippen LogP contribution in [0.25, 0.3) is 0 Å². The van der Waals surface area contributed by atoms with Crippen molar-refractivity contribution in [1.29, 1.82) is 0 Å². The number of phenols is 1. The molecule has 3 aliphatic rings. The van der Waals surface area contributed by atoms with Crippen LogP contribution in [0.3, 0.4) is 0 Å². The van der Waals surface area contributed by atoms with Gasteiger partial charge in [-0.2, -0.15) is 0 Å². The Kier molecular flexibility index (Phi) is 6.77. The van der Waals surface area contributed by atoms with Gasteiger partial charge in [-0.15, -0.1) is 0 Å². The van der Waals surface area contributed by atoms with Crippen LogP contribution in [-0.2, 0) is 24.2 Å². The summed E-state index contributed by atoms with van der Waals surface area (Å²) < 4.78 is 0. The molecule has 2 fully saturated rings. The van der Waals surface area contributed by atoms with Crippen molar-refractivity contribution in [3.63, 3.8) is 0 Å². The Morgan fingerprint density at radius 3 is 2.67 bits per heavy atom. The molecule has 1 saturated heterocycles. The summed E-state index contributed by atoms with van der Waals surface area (Å²) in [5.74, 6) is 1.41. The molecule has 0 bridgehead atoms. The van der Waals surface area contributed by atoms with E-state index in [1.807, 2.05) is 6.07 Å². The highest BCUT2D eigenvalue weighted by atomic mass is 16.3. The van der Waals surface area contributed by atoms with Gasteiger partial charge in [0.2, 0.25) is 5.91 Å². The maximum Gasteiger partial charge on any atom is 0.234 e. The van der Waals surface area contributed by atoms with Crippen molar-refractivity contribution >= 4 is 11.9 Å². The van der Waals surface area contributed by atoms with E-state index in [1.165, 1.54) is 24.0 Å². The van der Waals surface area contributed by atoms with E-state index in [0.717, 1.165) is 69.9 Å². The van der Waals surface area contributed by atoms with E-state index < -0.39 is 0 Å². The van der Waals surface area contributed by atoms with E-state index in [1.54, 1.807) is 0 Å². The number of nitrogens with one attached hydrogen (secondary N) is 2. The minimum atomic E-state index is 0.149. The predicted molar refractivity (Wildman–Crippen MR) is 119 cm³/mol. The second kappa shape index (κ2) is 9.69. The van der Waals surface area contributed by atoms with E-state index in [4.69, 9.17) is 4.99 Å². The van der Waals surface area contributed by atoms with Crippen molar-refractivity contribution in [3.05, 3.63) is 28.8 Å². The molecule has 7 heteroatoms. The second-order valence-corrected chi connectivity index (χ2v) is 8.68. The van der Waals surface area contributed by atoms with Crippen molar-refractivity contribution in [2.45, 2.75) is 58.0 Å². The highest BCUT2D eigenvalue weighted by Crippen LogP contribution is 2.31. The van der Waals surface area contributed by atoms with E-state index >= 15 is 0 Å². The predicted octanol–water partition coefficient (Wildman–Crippen LogP) is 1.63. The first-order chi connectivity index (χ1) is 14.6. The first kappa shape index (κ1) is 21.0. The molecule has 0 unspecified atom stereocenters. The number of carbonyl (C=O) groups is 1. The number of amides is 1. The quantitative estimate of drug-likeness (QED) is 0.488. The van der Waals surface area contributed by atoms with Crippen LogP contribution < -0.4 is 10.6 Å². The van der Waals surface area contributed by atoms with Crippen molar-refractivity contribution < 1.29 is 9.90 Å². The zero-order chi connectivity index (χ0) is 20.9. The molecule has 4 rings (SSSR count). The van der Waals surface area contributed by atoms with Crippen LogP contribution in [0.1, 0.15) is 49.3 Å². The van der Waals surface area contributed by atoms with Gasteiger partial charge in [0.25, 0.3) is 0 Å². The summed E-state index contributed by atoms with van der Waals surface area (Å²) in [6.45, 7) is 7.28. The van der Waals surface area contributed by atoms with Gasteiger partial charge in [-0.05, 0) is 62.6 Å². The summed E-state index contributed by atoms with van der Waals surface area (Å²) in [7, 11) is 0. The Hall–Kier alpha value is -2.28. The number of hydrogen-bond acceptors (Lipinski definition) is 4. The molecular weight excluding hydrogens is 378 g/mol. The lowest BCUT2D eigenvalue weighted by molar-refractivity contribution is -0.122. The van der Waals surface area contributed by atoms with Crippen molar-refractivity contribution in [3.8, 4) is 5.75 Å². The number of aliphatic imine (C=N–C) groups is 1. The van der Waals surface area contributed by atoms with Gasteiger partial charge in [0.1, 0.15) is 5.75 Å². The molecule has 1 aromatic carbocycles. The summed E-state index contributed by atoms with van der Waals surface area (Å²) in [5.41, 5.74) is 3.65. The summed E-state index contributed by atoms with van der Waals surface area (Å²) in [5, 5.41) is 16.9. The molecule has 0 radical (unpaired) electrons. The average molecular weight is 414 g/mol. The molecule has 0 spiro atoms. The Bertz CT molecular complexity index is 782. The number of fused-ring (bicyclic) bond motifs is 1. The number of hydrogen-bond donors (Lipinski definition) is 3. The van der Waals surface area contributed by atoms with Crippen LogP contribution in [0.5, 0.6) is 5.75 Å². The first-order valence-electron chi connectivity index (χ1n) is 11.5. The smallest absolute Gasteiger partial charge is 0.234 e. The minimum absolute atomic E-state index is 0.149. The molecule has 1 aliphatic heterocycles. The molecule has 0 aromatic heterocycles. The van der Waals surface area contributed by atoms with Gasteiger partial charge in [-0.25, -0.2) is 4.99 Å². The molecule has 30 heavy (non-hydrogen) atoms. The first-order valence-corrected chi connectivity index (χ1v) is 11.5. The SMILES string of the molecule is CCNC(=NCc1c(O)ccc2c1CCCC2)N1CCN(CC(=O)NC2CC2)CC1. The third-order valence-corrected chi connectivity index (χ3v) is 6.33. The van der Waals surface area contributed by atoms with Crippen LogP contribution >= 0.6 is 0 Å². The zero-order valence-corrected chi connectivity index (χ0v) is 18.1. The van der Waals surface area contributed by atoms with E-state index in [9.17, 15) is 9.90 Å². The van der Waals surface area contributed by atoms with Gasteiger partial charge in [0, 0.05) is 44.3 Å². The van der Waals surface area contributed by atoms with Crippen molar-refractivity contribution in [2.24, 2.45) is 4.99 Å². The zero-order valence-electron chi connectivity index (χ0n) is 18.1. The molecule has 3 N–H and O–H groups in total.